The second-order valence-electron chi connectivity index (χ2n) is 5.02. The first-order chi connectivity index (χ1) is 10.3. The number of thiophene rings is 1. The smallest absolute Gasteiger partial charge is 0.328 e. The van der Waals surface area contributed by atoms with Gasteiger partial charge in [-0.2, -0.15) is 0 Å². The van der Waals surface area contributed by atoms with Crippen molar-refractivity contribution in [1.82, 2.24) is 0 Å². The van der Waals surface area contributed by atoms with Gasteiger partial charge in [0.25, 0.3) is 0 Å². The molecule has 0 radical (unpaired) electrons. The first-order valence-corrected chi connectivity index (χ1v) is 8.97. The molecule has 0 atom stereocenters. The number of aryl methyl sites for hydroxylation is 1. The molecule has 1 aromatic rings. The maximum atomic E-state index is 10.5. The molecule has 0 amide bonds. The van der Waals surface area contributed by atoms with Gasteiger partial charge in [0.15, 0.2) is 0 Å². The Morgan fingerprint density at radius 1 is 1.18 bits per heavy atom. The number of allylic oxidation sites excluding steroid dienone is 6. The van der Waals surface area contributed by atoms with Gasteiger partial charge in [0.2, 0.25) is 0 Å². The van der Waals surface area contributed by atoms with E-state index in [2.05, 4.69) is 32.3 Å². The number of carboxylic acid groups (broad SMARTS) is 1. The summed E-state index contributed by atoms with van der Waals surface area (Å²) in [6.45, 7) is 8.11. The quantitative estimate of drug-likeness (QED) is 0.416. The highest BCUT2D eigenvalue weighted by Gasteiger charge is 2.08. The molecule has 0 bridgehead atoms. The van der Waals surface area contributed by atoms with Crippen molar-refractivity contribution in [2.75, 3.05) is 6.26 Å². The number of aliphatic carboxylic acids is 1. The number of thioether (sulfide) groups is 1. The topological polar surface area (TPSA) is 37.3 Å². The lowest BCUT2D eigenvalue weighted by Crippen LogP contribution is -1.87. The summed E-state index contributed by atoms with van der Waals surface area (Å²) in [5, 5.41) is 8.64. The molecule has 118 valence electrons. The maximum absolute atomic E-state index is 10.5. The van der Waals surface area contributed by atoms with E-state index in [0.29, 0.717) is 0 Å². The minimum absolute atomic E-state index is 0.717. The molecular formula is C18H22O2S2. The third-order valence-electron chi connectivity index (χ3n) is 3.10. The van der Waals surface area contributed by atoms with Gasteiger partial charge in [-0.3, -0.25) is 0 Å². The fourth-order valence-electron chi connectivity index (χ4n) is 1.95. The van der Waals surface area contributed by atoms with Crippen molar-refractivity contribution in [3.63, 3.8) is 0 Å². The minimum Gasteiger partial charge on any atom is -0.478 e. The Bertz CT molecular complexity index is 659. The fraction of sp³-hybridized carbons (Fsp3) is 0.278. The van der Waals surface area contributed by atoms with Crippen LogP contribution in [-0.4, -0.2) is 17.3 Å². The molecule has 0 aliphatic rings. The van der Waals surface area contributed by atoms with E-state index in [1.807, 2.05) is 30.4 Å². The van der Waals surface area contributed by atoms with E-state index in [9.17, 15) is 4.79 Å². The number of carbonyl (C=O) groups is 1. The normalized spacial score (nSPS) is 13.5. The lowest BCUT2D eigenvalue weighted by molar-refractivity contribution is -0.131. The number of rotatable bonds is 6. The molecule has 0 aliphatic heterocycles. The third kappa shape index (κ3) is 5.70. The van der Waals surface area contributed by atoms with Crippen LogP contribution in [0.25, 0.3) is 6.08 Å². The Morgan fingerprint density at radius 3 is 2.41 bits per heavy atom. The highest BCUT2D eigenvalue weighted by molar-refractivity contribution is 8.00. The van der Waals surface area contributed by atoms with Crippen LogP contribution in [0.3, 0.4) is 0 Å². The summed E-state index contributed by atoms with van der Waals surface area (Å²) in [7, 11) is 0. The van der Waals surface area contributed by atoms with Crippen LogP contribution in [0.2, 0.25) is 0 Å². The van der Waals surface area contributed by atoms with Crippen LogP contribution in [-0.2, 0) is 4.79 Å². The molecular weight excluding hydrogens is 312 g/mol. The van der Waals surface area contributed by atoms with Gasteiger partial charge in [-0.1, -0.05) is 36.0 Å². The Morgan fingerprint density at radius 2 is 1.86 bits per heavy atom. The molecule has 22 heavy (non-hydrogen) atoms. The van der Waals surface area contributed by atoms with Crippen LogP contribution in [0.15, 0.2) is 45.7 Å². The zero-order valence-electron chi connectivity index (χ0n) is 13.6. The van der Waals surface area contributed by atoms with Gasteiger partial charge in [-0.05, 0) is 50.7 Å². The van der Waals surface area contributed by atoms with Crippen molar-refractivity contribution in [3.05, 3.63) is 57.5 Å². The largest absolute Gasteiger partial charge is 0.478 e. The number of hydrogen-bond donors (Lipinski definition) is 1. The summed E-state index contributed by atoms with van der Waals surface area (Å²) in [6, 6.07) is 0. The van der Waals surface area contributed by atoms with Crippen LogP contribution in [0.5, 0.6) is 0 Å². The molecule has 0 aliphatic carbocycles. The van der Waals surface area contributed by atoms with Crippen LogP contribution in [0.4, 0.5) is 0 Å². The van der Waals surface area contributed by atoms with E-state index in [4.69, 9.17) is 5.11 Å². The average molecular weight is 335 g/mol. The standard InChI is InChI=1S/C18H22O2S2/c1-12(7-6-8-13(2)11-17(19)20)9-10-16-14(3)18(21-5)22-15(16)4/h6-11H,1-5H3,(H,19,20)/b8-6+,10-9?,12-7?,13-11?. The van der Waals surface area contributed by atoms with Gasteiger partial charge in [0.1, 0.15) is 0 Å². The summed E-state index contributed by atoms with van der Waals surface area (Å²) in [5.74, 6) is -0.921. The van der Waals surface area contributed by atoms with Crippen molar-refractivity contribution in [3.8, 4) is 0 Å². The fourth-order valence-corrected chi connectivity index (χ4v) is 3.94. The summed E-state index contributed by atoms with van der Waals surface area (Å²) in [4.78, 5) is 11.9. The van der Waals surface area contributed by atoms with E-state index in [1.54, 1.807) is 24.8 Å². The van der Waals surface area contributed by atoms with E-state index >= 15 is 0 Å². The molecule has 4 heteroatoms. The molecule has 0 aromatic carbocycles. The average Bonchev–Trinajstić information content (AvgIpc) is 2.70. The van der Waals surface area contributed by atoms with Crippen LogP contribution < -0.4 is 0 Å². The lowest BCUT2D eigenvalue weighted by atomic mass is 10.1. The molecule has 0 saturated carbocycles. The SMILES string of the molecule is CSc1sc(C)c(C=CC(C)=C/C=C/C(C)=CC(=O)O)c1C. The Kier molecular flexibility index (Phi) is 7.42. The summed E-state index contributed by atoms with van der Waals surface area (Å²) in [6.07, 6.45) is 13.2. The van der Waals surface area contributed by atoms with Gasteiger partial charge in [-0.15, -0.1) is 23.1 Å². The zero-order valence-corrected chi connectivity index (χ0v) is 15.3. The highest BCUT2D eigenvalue weighted by Crippen LogP contribution is 2.34. The van der Waals surface area contributed by atoms with Crippen molar-refractivity contribution in [2.45, 2.75) is 31.9 Å². The Balaban J connectivity index is 2.82. The number of hydrogen-bond acceptors (Lipinski definition) is 3. The molecule has 2 nitrogen and oxygen atoms in total. The predicted molar refractivity (Wildman–Crippen MR) is 98.9 cm³/mol. The first kappa shape index (κ1) is 18.5. The predicted octanol–water partition coefficient (Wildman–Crippen LogP) is 5.63. The van der Waals surface area contributed by atoms with Crippen LogP contribution in [0, 0.1) is 13.8 Å². The van der Waals surface area contributed by atoms with Crippen molar-refractivity contribution >= 4 is 35.1 Å². The Labute approximate surface area is 141 Å². The van der Waals surface area contributed by atoms with E-state index in [-0.39, 0.29) is 0 Å². The lowest BCUT2D eigenvalue weighted by Gasteiger charge is -1.96. The molecule has 0 spiro atoms. The van der Waals surface area contributed by atoms with E-state index in [1.165, 1.54) is 26.3 Å². The molecule has 1 rings (SSSR count). The van der Waals surface area contributed by atoms with E-state index < -0.39 is 5.97 Å². The van der Waals surface area contributed by atoms with E-state index in [0.717, 1.165) is 11.1 Å². The van der Waals surface area contributed by atoms with Gasteiger partial charge in [0, 0.05) is 11.0 Å². The zero-order chi connectivity index (χ0) is 16.7. The van der Waals surface area contributed by atoms with Gasteiger partial charge in [-0.25, -0.2) is 4.79 Å². The summed E-state index contributed by atoms with van der Waals surface area (Å²) >= 11 is 3.63. The van der Waals surface area contributed by atoms with Gasteiger partial charge >= 0.3 is 5.97 Å². The van der Waals surface area contributed by atoms with Crippen LogP contribution >= 0.6 is 23.1 Å². The minimum atomic E-state index is -0.921. The van der Waals surface area contributed by atoms with Gasteiger partial charge in [0.05, 0.1) is 4.21 Å². The maximum Gasteiger partial charge on any atom is 0.328 e. The molecule has 0 fully saturated rings. The molecule has 1 aromatic heterocycles. The second kappa shape index (κ2) is 8.81. The van der Waals surface area contributed by atoms with Gasteiger partial charge < -0.3 is 5.11 Å². The van der Waals surface area contributed by atoms with Crippen molar-refractivity contribution in [1.29, 1.82) is 0 Å². The molecule has 1 heterocycles. The summed E-state index contributed by atoms with van der Waals surface area (Å²) < 4.78 is 1.37. The second-order valence-corrected chi connectivity index (χ2v) is 7.32. The molecule has 0 saturated heterocycles. The Hall–Kier alpha value is -1.52. The number of carboxylic acids is 1. The summed E-state index contributed by atoms with van der Waals surface area (Å²) in [5.41, 5.74) is 4.48. The third-order valence-corrected chi connectivity index (χ3v) is 5.55. The molecule has 0 unspecified atom stereocenters. The first-order valence-electron chi connectivity index (χ1n) is 6.93. The van der Waals surface area contributed by atoms with Crippen LogP contribution in [0.1, 0.15) is 29.9 Å². The monoisotopic (exact) mass is 334 g/mol. The van der Waals surface area contributed by atoms with Crippen molar-refractivity contribution in [2.24, 2.45) is 0 Å². The van der Waals surface area contributed by atoms with Crippen molar-refractivity contribution < 1.29 is 9.90 Å². The highest BCUT2D eigenvalue weighted by atomic mass is 32.2. The molecule has 1 N–H and O–H groups in total.